The Bertz CT molecular complexity index is 1180. The van der Waals surface area contributed by atoms with Crippen molar-refractivity contribution in [1.82, 2.24) is 4.98 Å². The molecule has 10 heteroatoms. The molecule has 0 saturated heterocycles. The number of nitrogens with one attached hydrogen (secondary N) is 1. The van der Waals surface area contributed by atoms with Crippen molar-refractivity contribution in [2.24, 2.45) is 0 Å². The van der Waals surface area contributed by atoms with Crippen LogP contribution in [0.25, 0.3) is 11.3 Å². The molecule has 1 N–H and O–H groups in total. The molecule has 31 heavy (non-hydrogen) atoms. The standard InChI is InChI=1S/C21H17Cl2N3O4S/c1-11-20(12-3-5-17-15(7-12)26(2)19(28)10-30-17)25-21(31-11)24-18(27)9-29-16-6-4-13(22)8-14(16)23/h3-8H,9-10H2,1-2H3,(H,24,25,27). The number of hydrogen-bond acceptors (Lipinski definition) is 6. The van der Waals surface area contributed by atoms with Gasteiger partial charge in [0.2, 0.25) is 0 Å². The number of fused-ring (bicyclic) bond motifs is 1. The predicted molar refractivity (Wildman–Crippen MR) is 122 cm³/mol. The normalized spacial score (nSPS) is 12.9. The van der Waals surface area contributed by atoms with Gasteiger partial charge in [0.25, 0.3) is 11.8 Å². The van der Waals surface area contributed by atoms with E-state index >= 15 is 0 Å². The molecule has 0 saturated carbocycles. The minimum atomic E-state index is -0.365. The Balaban J connectivity index is 1.47. The maximum absolute atomic E-state index is 12.3. The summed E-state index contributed by atoms with van der Waals surface area (Å²) < 4.78 is 10.9. The first-order valence-electron chi connectivity index (χ1n) is 9.20. The first-order valence-corrected chi connectivity index (χ1v) is 10.8. The summed E-state index contributed by atoms with van der Waals surface area (Å²) in [6.45, 7) is 1.72. The number of rotatable bonds is 5. The Morgan fingerprint density at radius 3 is 2.87 bits per heavy atom. The lowest BCUT2D eigenvalue weighted by atomic mass is 10.1. The van der Waals surface area contributed by atoms with Gasteiger partial charge in [-0.15, -0.1) is 11.3 Å². The third-order valence-electron chi connectivity index (χ3n) is 4.61. The van der Waals surface area contributed by atoms with Gasteiger partial charge in [0.05, 0.1) is 16.4 Å². The van der Waals surface area contributed by atoms with Gasteiger partial charge >= 0.3 is 0 Å². The molecule has 2 aromatic carbocycles. The lowest BCUT2D eigenvalue weighted by molar-refractivity contribution is -0.121. The Labute approximate surface area is 192 Å². The zero-order valence-electron chi connectivity index (χ0n) is 16.6. The molecule has 0 spiro atoms. The average Bonchev–Trinajstić information content (AvgIpc) is 3.10. The molecule has 0 aliphatic carbocycles. The third kappa shape index (κ3) is 4.61. The van der Waals surface area contributed by atoms with Crippen molar-refractivity contribution >= 4 is 57.2 Å². The molecule has 2 amide bonds. The van der Waals surface area contributed by atoms with Gasteiger partial charge in [-0.1, -0.05) is 23.2 Å². The number of thiazole rings is 1. The number of benzene rings is 2. The minimum Gasteiger partial charge on any atom is -0.482 e. The zero-order valence-corrected chi connectivity index (χ0v) is 18.9. The molecule has 0 atom stereocenters. The van der Waals surface area contributed by atoms with Crippen molar-refractivity contribution in [3.63, 3.8) is 0 Å². The lowest BCUT2D eigenvalue weighted by Crippen LogP contribution is -2.35. The van der Waals surface area contributed by atoms with Crippen LogP contribution in [-0.2, 0) is 9.59 Å². The first kappa shape index (κ1) is 21.4. The molecule has 0 fully saturated rings. The van der Waals surface area contributed by atoms with Crippen LogP contribution in [-0.4, -0.2) is 37.1 Å². The van der Waals surface area contributed by atoms with E-state index in [1.807, 2.05) is 25.1 Å². The molecule has 2 heterocycles. The SMILES string of the molecule is Cc1sc(NC(=O)COc2ccc(Cl)cc2Cl)nc1-c1ccc2c(c1)N(C)C(=O)CO2. The van der Waals surface area contributed by atoms with E-state index in [2.05, 4.69) is 10.3 Å². The van der Waals surface area contributed by atoms with E-state index in [4.69, 9.17) is 32.7 Å². The van der Waals surface area contributed by atoms with E-state index in [0.717, 1.165) is 16.1 Å². The van der Waals surface area contributed by atoms with Crippen LogP contribution in [0.3, 0.4) is 0 Å². The quantitative estimate of drug-likeness (QED) is 0.570. The fraction of sp³-hybridized carbons (Fsp3) is 0.190. The monoisotopic (exact) mass is 477 g/mol. The van der Waals surface area contributed by atoms with Crippen molar-refractivity contribution in [1.29, 1.82) is 0 Å². The lowest BCUT2D eigenvalue weighted by Gasteiger charge is -2.26. The molecule has 3 aromatic rings. The number of carbonyl (C=O) groups is 2. The van der Waals surface area contributed by atoms with E-state index < -0.39 is 0 Å². The molecule has 0 unspecified atom stereocenters. The minimum absolute atomic E-state index is 0.0259. The number of carbonyl (C=O) groups excluding carboxylic acids is 2. The van der Waals surface area contributed by atoms with Gasteiger partial charge in [-0.05, 0) is 43.3 Å². The summed E-state index contributed by atoms with van der Waals surface area (Å²) in [5.74, 6) is 0.529. The molecule has 4 rings (SSSR count). The maximum Gasteiger partial charge on any atom is 0.264 e. The Kier molecular flexibility index (Phi) is 6.04. The van der Waals surface area contributed by atoms with E-state index in [9.17, 15) is 9.59 Å². The number of halogens is 2. The summed E-state index contributed by atoms with van der Waals surface area (Å²) in [4.78, 5) is 31.2. The number of ether oxygens (including phenoxy) is 2. The predicted octanol–water partition coefficient (Wildman–Crippen LogP) is 4.80. The Hall–Kier alpha value is -2.81. The Morgan fingerprint density at radius 2 is 2.10 bits per heavy atom. The summed E-state index contributed by atoms with van der Waals surface area (Å²) in [6, 6.07) is 10.3. The van der Waals surface area contributed by atoms with Gasteiger partial charge in [-0.25, -0.2) is 4.98 Å². The average molecular weight is 478 g/mol. The second kappa shape index (κ2) is 8.74. The summed E-state index contributed by atoms with van der Waals surface area (Å²) in [7, 11) is 1.71. The number of amides is 2. The highest BCUT2D eigenvalue weighted by Gasteiger charge is 2.23. The van der Waals surface area contributed by atoms with E-state index in [-0.39, 0.29) is 25.0 Å². The van der Waals surface area contributed by atoms with Crippen molar-refractivity contribution in [2.45, 2.75) is 6.92 Å². The highest BCUT2D eigenvalue weighted by molar-refractivity contribution is 7.16. The molecular formula is C21H17Cl2N3O4S. The molecule has 0 bridgehead atoms. The molecule has 0 radical (unpaired) electrons. The maximum atomic E-state index is 12.3. The van der Waals surface area contributed by atoms with Crippen LogP contribution in [0.1, 0.15) is 4.88 Å². The van der Waals surface area contributed by atoms with Crippen LogP contribution in [0, 0.1) is 6.92 Å². The van der Waals surface area contributed by atoms with Gasteiger partial charge in [0.1, 0.15) is 11.5 Å². The summed E-state index contributed by atoms with van der Waals surface area (Å²) in [5.41, 5.74) is 2.22. The summed E-state index contributed by atoms with van der Waals surface area (Å²) in [5, 5.41) is 3.99. The topological polar surface area (TPSA) is 80.8 Å². The van der Waals surface area contributed by atoms with Crippen LogP contribution in [0.5, 0.6) is 11.5 Å². The molecule has 1 aromatic heterocycles. The summed E-state index contributed by atoms with van der Waals surface area (Å²) in [6.07, 6.45) is 0. The summed E-state index contributed by atoms with van der Waals surface area (Å²) >= 11 is 13.3. The largest absolute Gasteiger partial charge is 0.482 e. The number of aromatic nitrogens is 1. The zero-order chi connectivity index (χ0) is 22.1. The number of nitrogens with zero attached hydrogens (tertiary/aromatic N) is 2. The smallest absolute Gasteiger partial charge is 0.264 e. The number of aryl methyl sites for hydroxylation is 1. The number of hydrogen-bond donors (Lipinski definition) is 1. The first-order chi connectivity index (χ1) is 14.8. The van der Waals surface area contributed by atoms with Gasteiger partial charge < -0.3 is 14.4 Å². The molecule has 160 valence electrons. The Morgan fingerprint density at radius 1 is 1.29 bits per heavy atom. The third-order valence-corrected chi connectivity index (χ3v) is 6.03. The second-order valence-corrected chi connectivity index (χ2v) is 8.81. The van der Waals surface area contributed by atoms with Crippen molar-refractivity contribution in [2.75, 3.05) is 30.5 Å². The molecule has 1 aliphatic rings. The van der Waals surface area contributed by atoms with Gasteiger partial charge in [-0.3, -0.25) is 14.9 Å². The van der Waals surface area contributed by atoms with Crippen molar-refractivity contribution in [3.8, 4) is 22.8 Å². The second-order valence-electron chi connectivity index (χ2n) is 6.76. The van der Waals surface area contributed by atoms with Crippen LogP contribution in [0.15, 0.2) is 36.4 Å². The highest BCUT2D eigenvalue weighted by atomic mass is 35.5. The van der Waals surface area contributed by atoms with Gasteiger partial charge in [0.15, 0.2) is 18.3 Å². The van der Waals surface area contributed by atoms with E-state index in [1.54, 1.807) is 30.1 Å². The van der Waals surface area contributed by atoms with Crippen molar-refractivity contribution in [3.05, 3.63) is 51.3 Å². The molecule has 7 nitrogen and oxygen atoms in total. The van der Waals surface area contributed by atoms with Crippen LogP contribution >= 0.6 is 34.5 Å². The molecular weight excluding hydrogens is 461 g/mol. The fourth-order valence-electron chi connectivity index (χ4n) is 3.03. The van der Waals surface area contributed by atoms with Crippen molar-refractivity contribution < 1.29 is 19.1 Å². The van der Waals surface area contributed by atoms with Gasteiger partial charge in [0, 0.05) is 22.5 Å². The van der Waals surface area contributed by atoms with Gasteiger partial charge in [-0.2, -0.15) is 0 Å². The van der Waals surface area contributed by atoms with Crippen LogP contribution in [0.4, 0.5) is 10.8 Å². The fourth-order valence-corrected chi connectivity index (χ4v) is 4.34. The molecule has 1 aliphatic heterocycles. The highest BCUT2D eigenvalue weighted by Crippen LogP contribution is 2.38. The van der Waals surface area contributed by atoms with E-state index in [1.165, 1.54) is 11.3 Å². The van der Waals surface area contributed by atoms with E-state index in [0.29, 0.717) is 32.4 Å². The number of anilines is 2. The van der Waals surface area contributed by atoms with Crippen LogP contribution < -0.4 is 19.7 Å². The van der Waals surface area contributed by atoms with Crippen LogP contribution in [0.2, 0.25) is 10.0 Å². The number of likely N-dealkylation sites (N-methyl/N-ethyl adjacent to an activating group) is 1.